The summed E-state index contributed by atoms with van der Waals surface area (Å²) in [7, 11) is 1.48. The van der Waals surface area contributed by atoms with E-state index >= 15 is 0 Å². The summed E-state index contributed by atoms with van der Waals surface area (Å²) in [6.07, 6.45) is 4.53. The molecular weight excluding hydrogens is 514 g/mol. The number of hydrogen-bond donors (Lipinski definition) is 0. The Kier molecular flexibility index (Phi) is 7.61. The zero-order chi connectivity index (χ0) is 27.2. The van der Waals surface area contributed by atoms with Gasteiger partial charge in [-0.2, -0.15) is 9.78 Å². The number of nitrogens with zero attached hydrogens (tertiary/aromatic N) is 3. The van der Waals surface area contributed by atoms with Gasteiger partial charge in [0, 0.05) is 16.7 Å². The van der Waals surface area contributed by atoms with Gasteiger partial charge in [0.25, 0.3) is 5.56 Å². The fraction of sp³-hybridized carbons (Fsp3) is 0.0323. The number of carbonyl (C=O) groups excluding carboxylic acids is 1. The topological polar surface area (TPSA) is 82.8 Å². The maximum atomic E-state index is 13.4. The van der Waals surface area contributed by atoms with E-state index in [0.717, 1.165) is 5.56 Å². The molecule has 0 aliphatic heterocycles. The molecule has 0 amide bonds. The van der Waals surface area contributed by atoms with Crippen LogP contribution in [0, 0.1) is 0 Å². The Bertz CT molecular complexity index is 1760. The second-order valence-corrected chi connectivity index (χ2v) is 8.83. The van der Waals surface area contributed by atoms with Gasteiger partial charge < -0.3 is 9.47 Å². The SMILES string of the molecule is COc1cc(C=Nn2c(-c3ccc(Cl)cc3)nc3ccccc3c2=O)ccc1OC(=O)/C=C/c1ccccc1. The van der Waals surface area contributed by atoms with E-state index in [2.05, 4.69) is 10.1 Å². The third kappa shape index (κ3) is 5.95. The number of esters is 1. The second kappa shape index (κ2) is 11.6. The Morgan fingerprint density at radius 2 is 1.64 bits per heavy atom. The quantitative estimate of drug-likeness (QED) is 0.107. The predicted octanol–water partition coefficient (Wildman–Crippen LogP) is 6.23. The van der Waals surface area contributed by atoms with Gasteiger partial charge in [-0.1, -0.05) is 54.1 Å². The Morgan fingerprint density at radius 3 is 2.41 bits per heavy atom. The van der Waals surface area contributed by atoms with Crippen molar-refractivity contribution in [3.63, 3.8) is 0 Å². The van der Waals surface area contributed by atoms with Crippen LogP contribution in [0.25, 0.3) is 28.4 Å². The molecule has 7 nitrogen and oxygen atoms in total. The lowest BCUT2D eigenvalue weighted by Crippen LogP contribution is -2.20. The van der Waals surface area contributed by atoms with Crippen molar-refractivity contribution in [1.29, 1.82) is 0 Å². The van der Waals surface area contributed by atoms with E-state index in [0.29, 0.717) is 38.6 Å². The smallest absolute Gasteiger partial charge is 0.336 e. The van der Waals surface area contributed by atoms with Crippen LogP contribution in [0.3, 0.4) is 0 Å². The van der Waals surface area contributed by atoms with E-state index in [1.54, 1.807) is 66.7 Å². The number of fused-ring (bicyclic) bond motifs is 1. The van der Waals surface area contributed by atoms with E-state index in [1.165, 1.54) is 24.1 Å². The van der Waals surface area contributed by atoms with Gasteiger partial charge in [0.15, 0.2) is 17.3 Å². The highest BCUT2D eigenvalue weighted by molar-refractivity contribution is 6.30. The molecule has 5 rings (SSSR count). The van der Waals surface area contributed by atoms with Gasteiger partial charge in [0.2, 0.25) is 0 Å². The van der Waals surface area contributed by atoms with Crippen LogP contribution in [0.4, 0.5) is 0 Å². The highest BCUT2D eigenvalue weighted by atomic mass is 35.5. The molecule has 0 spiro atoms. The zero-order valence-electron chi connectivity index (χ0n) is 20.8. The Labute approximate surface area is 229 Å². The molecule has 0 saturated carbocycles. The summed E-state index contributed by atoms with van der Waals surface area (Å²) in [4.78, 5) is 30.4. The van der Waals surface area contributed by atoms with Crippen LogP contribution < -0.4 is 15.0 Å². The summed E-state index contributed by atoms with van der Waals surface area (Å²) in [6, 6.07) is 28.5. The number of carbonyl (C=O) groups is 1. The van der Waals surface area contributed by atoms with Crippen LogP contribution in [0.1, 0.15) is 11.1 Å². The van der Waals surface area contributed by atoms with Gasteiger partial charge in [-0.3, -0.25) is 4.79 Å². The molecule has 1 aromatic heterocycles. The van der Waals surface area contributed by atoms with Gasteiger partial charge in [-0.25, -0.2) is 9.78 Å². The van der Waals surface area contributed by atoms with Gasteiger partial charge in [0.05, 0.1) is 24.2 Å². The molecule has 0 bridgehead atoms. The first-order valence-corrected chi connectivity index (χ1v) is 12.3. The van der Waals surface area contributed by atoms with Crippen LogP contribution >= 0.6 is 11.6 Å². The van der Waals surface area contributed by atoms with Gasteiger partial charge in [0.1, 0.15) is 0 Å². The number of rotatable bonds is 7. The Hall–Kier alpha value is -5.01. The molecule has 0 aliphatic carbocycles. The van der Waals surface area contributed by atoms with Crippen molar-refractivity contribution >= 4 is 40.8 Å². The third-order valence-electron chi connectivity index (χ3n) is 5.79. The number of hydrogen-bond acceptors (Lipinski definition) is 6. The van der Waals surface area contributed by atoms with E-state index in [-0.39, 0.29) is 11.3 Å². The summed E-state index contributed by atoms with van der Waals surface area (Å²) in [5.74, 6) is 0.417. The number of methoxy groups -OCH3 is 1. The minimum Gasteiger partial charge on any atom is -0.493 e. The maximum Gasteiger partial charge on any atom is 0.336 e. The highest BCUT2D eigenvalue weighted by Crippen LogP contribution is 2.28. The normalized spacial score (nSPS) is 11.3. The van der Waals surface area contributed by atoms with Crippen LogP contribution in [0.15, 0.2) is 113 Å². The molecular formula is C31H22ClN3O4. The summed E-state index contributed by atoms with van der Waals surface area (Å²) in [5.41, 5.74) is 2.43. The molecule has 4 aromatic carbocycles. The van der Waals surface area contributed by atoms with Gasteiger partial charge in [-0.05, 0) is 71.8 Å². The zero-order valence-corrected chi connectivity index (χ0v) is 21.6. The molecule has 0 radical (unpaired) electrons. The average molecular weight is 536 g/mol. The van der Waals surface area contributed by atoms with Crippen molar-refractivity contribution in [2.75, 3.05) is 7.11 Å². The average Bonchev–Trinajstić information content (AvgIpc) is 2.97. The molecule has 0 N–H and O–H groups in total. The minimum absolute atomic E-state index is 0.253. The molecule has 0 saturated heterocycles. The van der Waals surface area contributed by atoms with Crippen LogP contribution in [0.2, 0.25) is 5.02 Å². The Balaban J connectivity index is 1.45. The number of aromatic nitrogens is 2. The molecule has 0 fully saturated rings. The van der Waals surface area contributed by atoms with Crippen molar-refractivity contribution < 1.29 is 14.3 Å². The summed E-state index contributed by atoms with van der Waals surface area (Å²) < 4.78 is 12.1. The monoisotopic (exact) mass is 535 g/mol. The lowest BCUT2D eigenvalue weighted by Gasteiger charge is -2.10. The van der Waals surface area contributed by atoms with E-state index in [4.69, 9.17) is 21.1 Å². The van der Waals surface area contributed by atoms with Crippen LogP contribution in [-0.2, 0) is 4.79 Å². The first-order chi connectivity index (χ1) is 19.0. The lowest BCUT2D eigenvalue weighted by molar-refractivity contribution is -0.129. The van der Waals surface area contributed by atoms with Crippen molar-refractivity contribution in [1.82, 2.24) is 9.66 Å². The molecule has 0 aliphatic rings. The molecule has 1 heterocycles. The first kappa shape index (κ1) is 25.6. The van der Waals surface area contributed by atoms with E-state index < -0.39 is 5.97 Å². The van der Waals surface area contributed by atoms with Crippen molar-refractivity contribution in [3.8, 4) is 22.9 Å². The van der Waals surface area contributed by atoms with Crippen molar-refractivity contribution in [3.05, 3.63) is 130 Å². The van der Waals surface area contributed by atoms with Crippen molar-refractivity contribution in [2.45, 2.75) is 0 Å². The largest absolute Gasteiger partial charge is 0.493 e. The lowest BCUT2D eigenvalue weighted by atomic mass is 10.2. The number of para-hydroxylation sites is 1. The fourth-order valence-corrected chi connectivity index (χ4v) is 3.99. The molecule has 192 valence electrons. The fourth-order valence-electron chi connectivity index (χ4n) is 3.86. The maximum absolute atomic E-state index is 13.4. The third-order valence-corrected chi connectivity index (χ3v) is 6.04. The predicted molar refractivity (Wildman–Crippen MR) is 154 cm³/mol. The molecule has 0 unspecified atom stereocenters. The molecule has 0 atom stereocenters. The number of halogens is 1. The number of benzene rings is 4. The van der Waals surface area contributed by atoms with E-state index in [9.17, 15) is 9.59 Å². The minimum atomic E-state index is -0.542. The Morgan fingerprint density at radius 1 is 0.897 bits per heavy atom. The van der Waals surface area contributed by atoms with Crippen LogP contribution in [0.5, 0.6) is 11.5 Å². The van der Waals surface area contributed by atoms with Crippen LogP contribution in [-0.4, -0.2) is 29.0 Å². The molecule has 5 aromatic rings. The van der Waals surface area contributed by atoms with Gasteiger partial charge in [-0.15, -0.1) is 0 Å². The highest BCUT2D eigenvalue weighted by Gasteiger charge is 2.13. The summed E-state index contributed by atoms with van der Waals surface area (Å²) >= 11 is 6.06. The summed E-state index contributed by atoms with van der Waals surface area (Å²) in [6.45, 7) is 0. The molecule has 39 heavy (non-hydrogen) atoms. The standard InChI is InChI=1S/C31H22ClN3O4/c1-38-28-19-22(11-17-27(28)39-29(36)18-12-21-7-3-2-4-8-21)20-33-35-30(23-13-15-24(32)16-14-23)34-26-10-6-5-9-25(26)31(35)37/h2-20H,1H3/b18-12+,33-20?. The second-order valence-electron chi connectivity index (χ2n) is 8.40. The van der Waals surface area contributed by atoms with E-state index in [1.807, 2.05) is 36.4 Å². The first-order valence-electron chi connectivity index (χ1n) is 12.0. The summed E-state index contributed by atoms with van der Waals surface area (Å²) in [5, 5.41) is 5.47. The van der Waals surface area contributed by atoms with Gasteiger partial charge >= 0.3 is 5.97 Å². The van der Waals surface area contributed by atoms with Crippen molar-refractivity contribution in [2.24, 2.45) is 5.10 Å². The number of ether oxygens (including phenoxy) is 2. The molecule has 8 heteroatoms.